The highest BCUT2D eigenvalue weighted by atomic mass is 35.5. The standard InChI is InChI=1S/C14H13ClFN3S/c1-2-17-13-9-6-20-7-11(9)18-14(19-13)8-4-3-5-10(15)12(8)16/h3-5H,2,6-7H2,1H3,(H,17,18,19). The van der Waals surface area contributed by atoms with E-state index >= 15 is 0 Å². The zero-order chi connectivity index (χ0) is 14.1. The van der Waals surface area contributed by atoms with Gasteiger partial charge in [-0.1, -0.05) is 17.7 Å². The van der Waals surface area contributed by atoms with Gasteiger partial charge in [-0.25, -0.2) is 14.4 Å². The van der Waals surface area contributed by atoms with Crippen LogP contribution in [0.2, 0.25) is 5.02 Å². The van der Waals surface area contributed by atoms with Crippen molar-refractivity contribution in [2.75, 3.05) is 11.9 Å². The molecule has 3 rings (SSSR count). The predicted molar refractivity (Wildman–Crippen MR) is 81.6 cm³/mol. The van der Waals surface area contributed by atoms with E-state index < -0.39 is 5.82 Å². The summed E-state index contributed by atoms with van der Waals surface area (Å²) in [4.78, 5) is 8.97. The average molecular weight is 310 g/mol. The quantitative estimate of drug-likeness (QED) is 0.925. The second-order valence-electron chi connectivity index (χ2n) is 4.45. The first kappa shape index (κ1) is 13.6. The van der Waals surface area contributed by atoms with Crippen LogP contribution in [-0.2, 0) is 11.5 Å². The van der Waals surface area contributed by atoms with Crippen LogP contribution in [0.5, 0.6) is 0 Å². The van der Waals surface area contributed by atoms with Crippen LogP contribution in [0.3, 0.4) is 0 Å². The molecule has 0 radical (unpaired) electrons. The Hall–Kier alpha value is -1.33. The maximum Gasteiger partial charge on any atom is 0.164 e. The van der Waals surface area contributed by atoms with Crippen molar-refractivity contribution in [1.82, 2.24) is 9.97 Å². The van der Waals surface area contributed by atoms with Crippen molar-refractivity contribution in [3.63, 3.8) is 0 Å². The molecule has 1 N–H and O–H groups in total. The number of nitrogens with zero attached hydrogens (tertiary/aromatic N) is 2. The number of thioether (sulfide) groups is 1. The van der Waals surface area contributed by atoms with E-state index in [2.05, 4.69) is 15.3 Å². The van der Waals surface area contributed by atoms with Gasteiger partial charge in [0.25, 0.3) is 0 Å². The van der Waals surface area contributed by atoms with Crippen LogP contribution < -0.4 is 5.32 Å². The van der Waals surface area contributed by atoms with Gasteiger partial charge in [-0.05, 0) is 19.1 Å². The van der Waals surface area contributed by atoms with Crippen LogP contribution in [0, 0.1) is 5.82 Å². The van der Waals surface area contributed by atoms with Gasteiger partial charge in [-0.3, -0.25) is 0 Å². The summed E-state index contributed by atoms with van der Waals surface area (Å²) >= 11 is 7.62. The molecule has 3 nitrogen and oxygen atoms in total. The maximum atomic E-state index is 14.1. The zero-order valence-electron chi connectivity index (χ0n) is 10.9. The Labute approximate surface area is 126 Å². The fourth-order valence-corrected chi connectivity index (χ4v) is 3.38. The first-order chi connectivity index (χ1) is 9.70. The molecule has 104 valence electrons. The predicted octanol–water partition coefficient (Wildman–Crippen LogP) is 4.11. The summed E-state index contributed by atoms with van der Waals surface area (Å²) in [6.07, 6.45) is 0. The highest BCUT2D eigenvalue weighted by Gasteiger charge is 2.21. The number of halogens is 2. The number of anilines is 1. The summed E-state index contributed by atoms with van der Waals surface area (Å²) in [6.45, 7) is 2.78. The van der Waals surface area contributed by atoms with E-state index in [0.717, 1.165) is 35.1 Å². The lowest BCUT2D eigenvalue weighted by Gasteiger charge is -2.11. The van der Waals surface area contributed by atoms with Crippen molar-refractivity contribution in [3.8, 4) is 11.4 Å². The molecule has 20 heavy (non-hydrogen) atoms. The minimum atomic E-state index is -0.470. The van der Waals surface area contributed by atoms with Gasteiger partial charge in [0, 0.05) is 23.6 Å². The molecule has 0 amide bonds. The first-order valence-corrected chi connectivity index (χ1v) is 7.89. The fraction of sp³-hybridized carbons (Fsp3) is 0.286. The smallest absolute Gasteiger partial charge is 0.164 e. The van der Waals surface area contributed by atoms with Gasteiger partial charge in [-0.15, -0.1) is 0 Å². The van der Waals surface area contributed by atoms with Gasteiger partial charge in [0.05, 0.1) is 16.3 Å². The largest absolute Gasteiger partial charge is 0.370 e. The molecule has 0 spiro atoms. The molecule has 0 aliphatic carbocycles. The second kappa shape index (κ2) is 5.58. The Morgan fingerprint density at radius 1 is 1.35 bits per heavy atom. The van der Waals surface area contributed by atoms with E-state index in [1.165, 1.54) is 6.07 Å². The zero-order valence-corrected chi connectivity index (χ0v) is 12.5. The van der Waals surface area contributed by atoms with E-state index in [1.807, 2.05) is 6.92 Å². The van der Waals surface area contributed by atoms with Gasteiger partial charge >= 0.3 is 0 Å². The molecule has 0 fully saturated rings. The summed E-state index contributed by atoms with van der Waals surface area (Å²) in [5, 5.41) is 3.32. The van der Waals surface area contributed by atoms with Crippen LogP contribution in [0.25, 0.3) is 11.4 Å². The van der Waals surface area contributed by atoms with Crippen molar-refractivity contribution in [1.29, 1.82) is 0 Å². The Balaban J connectivity index is 2.15. The summed E-state index contributed by atoms with van der Waals surface area (Å²) < 4.78 is 14.1. The molecule has 0 bridgehead atoms. The lowest BCUT2D eigenvalue weighted by Crippen LogP contribution is -2.07. The van der Waals surface area contributed by atoms with Crippen LogP contribution in [0.15, 0.2) is 18.2 Å². The number of rotatable bonds is 3. The summed E-state index contributed by atoms with van der Waals surface area (Å²) in [5.41, 5.74) is 2.45. The fourth-order valence-electron chi connectivity index (χ4n) is 2.16. The lowest BCUT2D eigenvalue weighted by atomic mass is 10.1. The summed E-state index contributed by atoms with van der Waals surface area (Å²) in [6, 6.07) is 4.88. The van der Waals surface area contributed by atoms with Crippen LogP contribution in [0.4, 0.5) is 10.2 Å². The van der Waals surface area contributed by atoms with Gasteiger partial charge in [-0.2, -0.15) is 11.8 Å². The number of aromatic nitrogens is 2. The first-order valence-electron chi connectivity index (χ1n) is 6.36. The minimum absolute atomic E-state index is 0.0889. The molecule has 1 aliphatic rings. The normalized spacial score (nSPS) is 13.3. The molecule has 0 atom stereocenters. The molecule has 1 aromatic heterocycles. The van der Waals surface area contributed by atoms with E-state index in [-0.39, 0.29) is 5.02 Å². The average Bonchev–Trinajstić information content (AvgIpc) is 2.90. The van der Waals surface area contributed by atoms with Crippen molar-refractivity contribution in [2.45, 2.75) is 18.4 Å². The van der Waals surface area contributed by atoms with E-state index in [0.29, 0.717) is 11.4 Å². The third-order valence-electron chi connectivity index (χ3n) is 3.11. The molecular weight excluding hydrogens is 297 g/mol. The maximum absolute atomic E-state index is 14.1. The Morgan fingerprint density at radius 3 is 3.00 bits per heavy atom. The van der Waals surface area contributed by atoms with Gasteiger partial charge in [0.15, 0.2) is 11.6 Å². The summed E-state index contributed by atoms with van der Waals surface area (Å²) in [5.74, 6) is 2.46. The molecule has 6 heteroatoms. The van der Waals surface area contributed by atoms with Crippen molar-refractivity contribution >= 4 is 29.2 Å². The highest BCUT2D eigenvalue weighted by molar-refractivity contribution is 7.98. The molecule has 2 aromatic rings. The van der Waals surface area contributed by atoms with E-state index in [9.17, 15) is 4.39 Å². The highest BCUT2D eigenvalue weighted by Crippen LogP contribution is 2.35. The number of hydrogen-bond acceptors (Lipinski definition) is 4. The van der Waals surface area contributed by atoms with Crippen LogP contribution in [-0.4, -0.2) is 16.5 Å². The monoisotopic (exact) mass is 309 g/mol. The Morgan fingerprint density at radius 2 is 2.20 bits per heavy atom. The molecular formula is C14H13ClFN3S. The number of benzene rings is 1. The number of hydrogen-bond donors (Lipinski definition) is 1. The van der Waals surface area contributed by atoms with E-state index in [1.54, 1.807) is 23.9 Å². The SMILES string of the molecule is CCNc1nc(-c2cccc(Cl)c2F)nc2c1CSC2. The third kappa shape index (κ3) is 2.36. The molecule has 0 saturated heterocycles. The van der Waals surface area contributed by atoms with Crippen molar-refractivity contribution in [3.05, 3.63) is 40.3 Å². The van der Waals surface area contributed by atoms with E-state index in [4.69, 9.17) is 11.6 Å². The van der Waals surface area contributed by atoms with Gasteiger partial charge in [0.2, 0.25) is 0 Å². The molecule has 1 aromatic carbocycles. The minimum Gasteiger partial charge on any atom is -0.370 e. The molecule has 0 saturated carbocycles. The summed E-state index contributed by atoms with van der Waals surface area (Å²) in [7, 11) is 0. The second-order valence-corrected chi connectivity index (χ2v) is 5.84. The number of nitrogens with one attached hydrogen (secondary N) is 1. The van der Waals surface area contributed by atoms with Gasteiger partial charge in [0.1, 0.15) is 5.82 Å². The topological polar surface area (TPSA) is 37.8 Å². The molecule has 2 heterocycles. The van der Waals surface area contributed by atoms with Gasteiger partial charge < -0.3 is 5.32 Å². The molecule has 1 aliphatic heterocycles. The van der Waals surface area contributed by atoms with Crippen LogP contribution >= 0.6 is 23.4 Å². The Bertz CT molecular complexity index is 663. The van der Waals surface area contributed by atoms with Crippen LogP contribution in [0.1, 0.15) is 18.2 Å². The number of fused-ring (bicyclic) bond motifs is 1. The molecule has 0 unspecified atom stereocenters. The van der Waals surface area contributed by atoms with Crippen molar-refractivity contribution in [2.24, 2.45) is 0 Å². The third-order valence-corrected chi connectivity index (χ3v) is 4.38. The van der Waals surface area contributed by atoms with Crippen molar-refractivity contribution < 1.29 is 4.39 Å². The lowest BCUT2D eigenvalue weighted by molar-refractivity contribution is 0.630. The Kier molecular flexibility index (Phi) is 3.81.